The lowest BCUT2D eigenvalue weighted by Crippen LogP contribution is -2.09. The Hall–Kier alpha value is -2.53. The number of carbonyl (C=O) groups is 1. The molecule has 2 rings (SSSR count). The molecule has 0 aliphatic carbocycles. The van der Waals surface area contributed by atoms with E-state index in [4.69, 9.17) is 11.2 Å². The molecule has 0 spiro atoms. The predicted octanol–water partition coefficient (Wildman–Crippen LogP) is 4.42. The molecule has 0 radical (unpaired) electrons. The molecule has 2 aromatic carbocycles. The number of benzene rings is 2. The Bertz CT molecular complexity index is 748. The Labute approximate surface area is 131 Å². The fourth-order valence-corrected chi connectivity index (χ4v) is 2.12. The Balaban J connectivity index is 2.15. The molecule has 0 saturated heterocycles. The van der Waals surface area contributed by atoms with Crippen molar-refractivity contribution in [3.05, 3.63) is 54.1 Å². The molecule has 2 nitrogen and oxygen atoms in total. The highest BCUT2D eigenvalue weighted by Gasteiger charge is 2.11. The summed E-state index contributed by atoms with van der Waals surface area (Å²) in [5, 5.41) is 2.06. The van der Waals surface area contributed by atoms with Crippen molar-refractivity contribution in [1.82, 2.24) is 0 Å². The van der Waals surface area contributed by atoms with E-state index in [1.54, 1.807) is 0 Å². The first-order chi connectivity index (χ1) is 10.5. The first-order valence-corrected chi connectivity index (χ1v) is 7.38. The van der Waals surface area contributed by atoms with Crippen LogP contribution < -0.4 is 0 Å². The van der Waals surface area contributed by atoms with Crippen LogP contribution in [0.25, 0.3) is 16.3 Å². The van der Waals surface area contributed by atoms with Crippen molar-refractivity contribution in [3.8, 4) is 12.3 Å². The van der Waals surface area contributed by atoms with Crippen molar-refractivity contribution in [3.63, 3.8) is 0 Å². The molecule has 0 atom stereocenters. The molecule has 0 aliphatic rings. The highest BCUT2D eigenvalue weighted by molar-refractivity contribution is 6.16. The SMILES string of the molecule is C#Cc1ccc2cc(C(=C)C(=O)OCCC(C)C)ccc2c1. The van der Waals surface area contributed by atoms with Crippen LogP contribution in [-0.4, -0.2) is 12.6 Å². The molecule has 112 valence electrons. The largest absolute Gasteiger partial charge is 0.462 e. The summed E-state index contributed by atoms with van der Waals surface area (Å²) < 4.78 is 5.25. The quantitative estimate of drug-likeness (QED) is 0.463. The zero-order valence-electron chi connectivity index (χ0n) is 13.1. The zero-order chi connectivity index (χ0) is 16.1. The smallest absolute Gasteiger partial charge is 0.338 e. The van der Waals surface area contributed by atoms with Gasteiger partial charge in [-0.25, -0.2) is 4.79 Å². The number of hydrogen-bond acceptors (Lipinski definition) is 2. The maximum absolute atomic E-state index is 12.0. The molecule has 2 heteroatoms. The van der Waals surface area contributed by atoms with E-state index >= 15 is 0 Å². The maximum atomic E-state index is 12.0. The lowest BCUT2D eigenvalue weighted by molar-refractivity contribution is -0.136. The van der Waals surface area contributed by atoms with E-state index in [0.29, 0.717) is 18.1 Å². The highest BCUT2D eigenvalue weighted by atomic mass is 16.5. The van der Waals surface area contributed by atoms with E-state index in [1.807, 2.05) is 36.4 Å². The second-order valence-corrected chi connectivity index (χ2v) is 5.72. The minimum Gasteiger partial charge on any atom is -0.462 e. The summed E-state index contributed by atoms with van der Waals surface area (Å²) in [5.74, 6) is 2.76. The monoisotopic (exact) mass is 292 g/mol. The first kappa shape index (κ1) is 15.9. The normalized spacial score (nSPS) is 10.5. The summed E-state index contributed by atoms with van der Waals surface area (Å²) in [7, 11) is 0. The molecule has 22 heavy (non-hydrogen) atoms. The maximum Gasteiger partial charge on any atom is 0.338 e. The van der Waals surface area contributed by atoms with Crippen LogP contribution in [0, 0.1) is 18.3 Å². The van der Waals surface area contributed by atoms with Gasteiger partial charge in [-0.15, -0.1) is 6.42 Å². The number of carbonyl (C=O) groups excluding carboxylic acids is 1. The van der Waals surface area contributed by atoms with E-state index in [2.05, 4.69) is 26.3 Å². The van der Waals surface area contributed by atoms with E-state index in [0.717, 1.165) is 28.3 Å². The van der Waals surface area contributed by atoms with Crippen LogP contribution >= 0.6 is 0 Å². The van der Waals surface area contributed by atoms with Crippen LogP contribution in [0.1, 0.15) is 31.4 Å². The number of esters is 1. The van der Waals surface area contributed by atoms with Gasteiger partial charge in [0, 0.05) is 5.56 Å². The molecule has 0 aromatic heterocycles. The van der Waals surface area contributed by atoms with Crippen LogP contribution in [0.3, 0.4) is 0 Å². The fraction of sp³-hybridized carbons (Fsp3) is 0.250. The van der Waals surface area contributed by atoms with Gasteiger partial charge < -0.3 is 4.74 Å². The Kier molecular flexibility index (Phi) is 5.01. The number of hydrogen-bond donors (Lipinski definition) is 0. The number of rotatable bonds is 5. The van der Waals surface area contributed by atoms with Crippen LogP contribution in [0.4, 0.5) is 0 Å². The van der Waals surface area contributed by atoms with E-state index in [1.165, 1.54) is 0 Å². The number of fused-ring (bicyclic) bond motifs is 1. The average molecular weight is 292 g/mol. The number of ether oxygens (including phenoxy) is 1. The summed E-state index contributed by atoms with van der Waals surface area (Å²) in [5.41, 5.74) is 1.99. The van der Waals surface area contributed by atoms with Crippen molar-refractivity contribution in [2.24, 2.45) is 5.92 Å². The molecule has 2 aromatic rings. The molecule has 0 amide bonds. The third-order valence-electron chi connectivity index (χ3n) is 3.53. The van der Waals surface area contributed by atoms with Gasteiger partial charge in [-0.1, -0.05) is 44.5 Å². The second kappa shape index (κ2) is 6.95. The molecule has 0 N–H and O–H groups in total. The highest BCUT2D eigenvalue weighted by Crippen LogP contribution is 2.22. The van der Waals surface area contributed by atoms with Crippen LogP contribution in [0.2, 0.25) is 0 Å². The van der Waals surface area contributed by atoms with Gasteiger partial charge in [0.2, 0.25) is 0 Å². The lowest BCUT2D eigenvalue weighted by atomic mass is 10.0. The Morgan fingerprint density at radius 3 is 2.59 bits per heavy atom. The zero-order valence-corrected chi connectivity index (χ0v) is 13.1. The van der Waals surface area contributed by atoms with Gasteiger partial charge in [-0.2, -0.15) is 0 Å². The summed E-state index contributed by atoms with van der Waals surface area (Å²) in [6.07, 6.45) is 6.25. The molecule has 0 aliphatic heterocycles. The van der Waals surface area contributed by atoms with E-state index < -0.39 is 0 Å². The molecule has 0 saturated carbocycles. The lowest BCUT2D eigenvalue weighted by Gasteiger charge is -2.09. The molecule has 0 unspecified atom stereocenters. The fourth-order valence-electron chi connectivity index (χ4n) is 2.12. The molecule has 0 heterocycles. The van der Waals surface area contributed by atoms with E-state index in [-0.39, 0.29) is 5.97 Å². The van der Waals surface area contributed by atoms with Gasteiger partial charge in [0.05, 0.1) is 12.2 Å². The van der Waals surface area contributed by atoms with Crippen molar-refractivity contribution in [2.45, 2.75) is 20.3 Å². The van der Waals surface area contributed by atoms with E-state index in [9.17, 15) is 4.79 Å². The summed E-state index contributed by atoms with van der Waals surface area (Å²) >= 11 is 0. The second-order valence-electron chi connectivity index (χ2n) is 5.72. The van der Waals surface area contributed by atoms with Gasteiger partial charge in [0.1, 0.15) is 0 Å². The average Bonchev–Trinajstić information content (AvgIpc) is 2.52. The van der Waals surface area contributed by atoms with Crippen LogP contribution in [-0.2, 0) is 9.53 Å². The topological polar surface area (TPSA) is 26.3 Å². The van der Waals surface area contributed by atoms with Crippen molar-refractivity contribution < 1.29 is 9.53 Å². The summed E-state index contributed by atoms with van der Waals surface area (Å²) in [4.78, 5) is 12.0. The van der Waals surface area contributed by atoms with Gasteiger partial charge >= 0.3 is 5.97 Å². The van der Waals surface area contributed by atoms with Crippen molar-refractivity contribution in [2.75, 3.05) is 6.61 Å². The van der Waals surface area contributed by atoms with Crippen molar-refractivity contribution in [1.29, 1.82) is 0 Å². The first-order valence-electron chi connectivity index (χ1n) is 7.38. The molecular formula is C20H20O2. The minimum absolute atomic E-state index is 0.361. The molecular weight excluding hydrogens is 272 g/mol. The third-order valence-corrected chi connectivity index (χ3v) is 3.53. The molecule has 0 fully saturated rings. The Morgan fingerprint density at radius 2 is 1.91 bits per heavy atom. The third kappa shape index (κ3) is 3.77. The molecule has 0 bridgehead atoms. The van der Waals surface area contributed by atoms with Gasteiger partial charge in [0.15, 0.2) is 0 Å². The summed E-state index contributed by atoms with van der Waals surface area (Å²) in [6.45, 7) is 8.47. The van der Waals surface area contributed by atoms with Gasteiger partial charge in [0.25, 0.3) is 0 Å². The van der Waals surface area contributed by atoms with Crippen LogP contribution in [0.5, 0.6) is 0 Å². The van der Waals surface area contributed by atoms with Gasteiger partial charge in [-0.05, 0) is 46.9 Å². The standard InChI is InChI=1S/C20H20O2/c1-5-16-6-7-19-13-17(8-9-18(19)12-16)15(4)20(21)22-11-10-14(2)3/h1,6-9,12-14H,4,10-11H2,2-3H3. The van der Waals surface area contributed by atoms with Crippen molar-refractivity contribution >= 4 is 22.3 Å². The predicted molar refractivity (Wildman–Crippen MR) is 91.3 cm³/mol. The number of terminal acetylenes is 1. The Morgan fingerprint density at radius 1 is 1.23 bits per heavy atom. The minimum atomic E-state index is -0.361. The van der Waals surface area contributed by atoms with Gasteiger partial charge in [-0.3, -0.25) is 0 Å². The summed E-state index contributed by atoms with van der Waals surface area (Å²) in [6, 6.07) is 11.5. The van der Waals surface area contributed by atoms with Crippen LogP contribution in [0.15, 0.2) is 43.0 Å².